The SMILES string of the molecule is CC(C)[Si]1(C(C)C)OC[C@H]2O[C@@H](C(C#N)NC(=O)OCc3ccccc3)[C@H](OC(=O)c3ccccc3)[C@@H]2O[Si](C(C)C)(C(C)C)O1. The molecule has 2 saturated heterocycles. The third-order valence-electron chi connectivity index (χ3n) is 8.88. The number of alkyl carbamates (subject to hydrolysis) is 1. The van der Waals surface area contributed by atoms with Crippen LogP contribution in [0.4, 0.5) is 4.79 Å². The fourth-order valence-electron chi connectivity index (χ4n) is 6.42. The molecule has 4 rings (SSSR count). The minimum atomic E-state index is -3.13. The van der Waals surface area contributed by atoms with Gasteiger partial charge < -0.3 is 32.5 Å². The normalized spacial score (nSPS) is 24.5. The summed E-state index contributed by atoms with van der Waals surface area (Å²) in [4.78, 5) is 26.4. The van der Waals surface area contributed by atoms with Gasteiger partial charge in [-0.25, -0.2) is 9.59 Å². The van der Waals surface area contributed by atoms with E-state index >= 15 is 0 Å². The summed E-state index contributed by atoms with van der Waals surface area (Å²) in [6.45, 7) is 17.1. The standard InChI is InChI=1S/C34H48N2O8Si2/c1-22(2)45(23(3)4)40-21-29-31(43-46(44-45,24(5)6)25(7)8)32(42-33(37)27-17-13-10-14-18-27)30(41-29)28(19-35)36-34(38)39-20-26-15-11-9-12-16-26/h9-18,22-25,28-32H,20-21H2,1-8H3,(H,36,38)/t28?,29-,30+,31-,32+/m1/s1. The highest BCUT2D eigenvalue weighted by Crippen LogP contribution is 2.48. The summed E-state index contributed by atoms with van der Waals surface area (Å²) < 4.78 is 39.4. The van der Waals surface area contributed by atoms with Crippen LogP contribution in [0.5, 0.6) is 0 Å². The molecule has 12 heteroatoms. The Bertz CT molecular complexity index is 1340. The zero-order chi connectivity index (χ0) is 33.6. The Morgan fingerprint density at radius 3 is 2.00 bits per heavy atom. The molecule has 2 aliphatic rings. The van der Waals surface area contributed by atoms with Gasteiger partial charge in [0, 0.05) is 0 Å². The van der Waals surface area contributed by atoms with Crippen molar-refractivity contribution in [3.05, 3.63) is 71.8 Å². The summed E-state index contributed by atoms with van der Waals surface area (Å²) in [5.41, 5.74) is 1.41. The molecule has 2 aromatic carbocycles. The van der Waals surface area contributed by atoms with Crippen molar-refractivity contribution in [1.29, 1.82) is 5.26 Å². The largest absolute Gasteiger partial charge is 0.453 e. The first-order valence-electron chi connectivity index (χ1n) is 16.1. The maximum Gasteiger partial charge on any atom is 0.408 e. The topological polar surface area (TPSA) is 125 Å². The number of esters is 1. The summed E-state index contributed by atoms with van der Waals surface area (Å²) in [7, 11) is -6.01. The van der Waals surface area contributed by atoms with Crippen LogP contribution in [0.3, 0.4) is 0 Å². The quantitative estimate of drug-likeness (QED) is 0.216. The first-order chi connectivity index (χ1) is 21.8. The van der Waals surface area contributed by atoms with Crippen LogP contribution in [0.25, 0.3) is 0 Å². The van der Waals surface area contributed by atoms with E-state index in [0.29, 0.717) is 5.56 Å². The molecule has 250 valence electrons. The molecule has 2 aromatic rings. The lowest BCUT2D eigenvalue weighted by molar-refractivity contribution is -0.0415. The summed E-state index contributed by atoms with van der Waals surface area (Å²) in [5, 5.41) is 13.0. The highest BCUT2D eigenvalue weighted by atomic mass is 28.5. The molecule has 0 spiro atoms. The number of benzene rings is 2. The fraction of sp³-hybridized carbons (Fsp3) is 0.559. The van der Waals surface area contributed by atoms with E-state index in [9.17, 15) is 14.9 Å². The van der Waals surface area contributed by atoms with Gasteiger partial charge in [0.05, 0.1) is 18.2 Å². The van der Waals surface area contributed by atoms with Crippen LogP contribution in [-0.4, -0.2) is 66.2 Å². The van der Waals surface area contributed by atoms with E-state index in [2.05, 4.69) is 66.8 Å². The summed E-state index contributed by atoms with van der Waals surface area (Å²) in [6, 6.07) is 18.8. The first kappa shape index (κ1) is 35.8. The van der Waals surface area contributed by atoms with E-state index in [4.69, 9.17) is 27.2 Å². The average Bonchev–Trinajstić information content (AvgIpc) is 3.34. The van der Waals surface area contributed by atoms with Crippen molar-refractivity contribution in [2.24, 2.45) is 0 Å². The van der Waals surface area contributed by atoms with Gasteiger partial charge in [-0.1, -0.05) is 104 Å². The van der Waals surface area contributed by atoms with E-state index < -0.39 is 59.6 Å². The molecule has 1 amide bonds. The van der Waals surface area contributed by atoms with Crippen LogP contribution in [0, 0.1) is 11.3 Å². The molecule has 2 fully saturated rings. The van der Waals surface area contributed by atoms with Crippen molar-refractivity contribution in [1.82, 2.24) is 5.32 Å². The Hall–Kier alpha value is -3.06. The van der Waals surface area contributed by atoms with Gasteiger partial charge >= 0.3 is 29.2 Å². The van der Waals surface area contributed by atoms with Crippen LogP contribution >= 0.6 is 0 Å². The average molecular weight is 669 g/mol. The maximum absolute atomic E-state index is 13.5. The Balaban J connectivity index is 1.71. The number of rotatable bonds is 10. The van der Waals surface area contributed by atoms with Gasteiger partial charge in [0.2, 0.25) is 0 Å². The number of ether oxygens (including phenoxy) is 3. The second-order valence-electron chi connectivity index (χ2n) is 13.2. The third-order valence-corrected chi connectivity index (χ3v) is 19.1. The van der Waals surface area contributed by atoms with Crippen molar-refractivity contribution in [2.75, 3.05) is 6.61 Å². The number of nitrogens with zero attached hydrogens (tertiary/aromatic N) is 1. The number of hydrogen-bond acceptors (Lipinski definition) is 9. The van der Waals surface area contributed by atoms with E-state index in [1.807, 2.05) is 36.4 Å². The first-order valence-corrected chi connectivity index (χ1v) is 20.1. The Morgan fingerprint density at radius 2 is 1.46 bits per heavy atom. The highest BCUT2D eigenvalue weighted by molar-refractivity contribution is 6.84. The van der Waals surface area contributed by atoms with Crippen LogP contribution in [0.15, 0.2) is 60.7 Å². The van der Waals surface area contributed by atoms with E-state index in [1.54, 1.807) is 24.3 Å². The number of nitriles is 1. The zero-order valence-corrected chi connectivity index (χ0v) is 30.1. The minimum absolute atomic E-state index is 0.0154. The number of carbonyl (C=O) groups excluding carboxylic acids is 2. The van der Waals surface area contributed by atoms with Crippen molar-refractivity contribution in [2.45, 2.75) is 115 Å². The van der Waals surface area contributed by atoms with Gasteiger partial charge in [-0.2, -0.15) is 5.26 Å². The van der Waals surface area contributed by atoms with Crippen LogP contribution in [-0.2, 0) is 33.8 Å². The number of hydrogen-bond donors (Lipinski definition) is 1. The molecule has 46 heavy (non-hydrogen) atoms. The Kier molecular flexibility index (Phi) is 11.9. The van der Waals surface area contributed by atoms with Crippen molar-refractivity contribution >= 4 is 29.2 Å². The van der Waals surface area contributed by atoms with E-state index in [0.717, 1.165) is 5.56 Å². The molecule has 0 saturated carbocycles. The van der Waals surface area contributed by atoms with E-state index in [1.165, 1.54) is 0 Å². The van der Waals surface area contributed by atoms with Gasteiger partial charge in [-0.15, -0.1) is 0 Å². The van der Waals surface area contributed by atoms with Crippen molar-refractivity contribution in [3.8, 4) is 6.07 Å². The molecule has 2 heterocycles. The smallest absolute Gasteiger partial charge is 0.408 e. The summed E-state index contributed by atoms with van der Waals surface area (Å²) in [5.74, 6) is -0.592. The Labute approximate surface area is 275 Å². The van der Waals surface area contributed by atoms with Crippen molar-refractivity contribution < 1.29 is 36.8 Å². The van der Waals surface area contributed by atoms with Crippen LogP contribution in [0.1, 0.15) is 71.3 Å². The lowest BCUT2D eigenvalue weighted by atomic mass is 10.0. The molecular formula is C34H48N2O8Si2. The molecule has 0 aliphatic carbocycles. The van der Waals surface area contributed by atoms with Crippen molar-refractivity contribution in [3.63, 3.8) is 0 Å². The van der Waals surface area contributed by atoms with Gasteiger partial charge in [0.25, 0.3) is 0 Å². The minimum Gasteiger partial charge on any atom is -0.453 e. The van der Waals surface area contributed by atoms with Gasteiger partial charge in [-0.3, -0.25) is 0 Å². The molecular weight excluding hydrogens is 621 g/mol. The second kappa shape index (κ2) is 15.2. The van der Waals surface area contributed by atoms with Crippen LogP contribution in [0.2, 0.25) is 22.2 Å². The van der Waals surface area contributed by atoms with Gasteiger partial charge in [0.15, 0.2) is 6.10 Å². The zero-order valence-electron chi connectivity index (χ0n) is 28.1. The molecule has 0 aromatic heterocycles. The number of nitrogens with one attached hydrogen (secondary N) is 1. The lowest BCUT2D eigenvalue weighted by Crippen LogP contribution is -2.66. The molecule has 5 atom stereocenters. The highest BCUT2D eigenvalue weighted by Gasteiger charge is 2.63. The number of fused-ring (bicyclic) bond motifs is 1. The number of amides is 1. The molecule has 2 aliphatic heterocycles. The fourth-order valence-corrected chi connectivity index (χ4v) is 17.6. The van der Waals surface area contributed by atoms with E-state index in [-0.39, 0.29) is 35.4 Å². The monoisotopic (exact) mass is 668 g/mol. The summed E-state index contributed by atoms with van der Waals surface area (Å²) >= 11 is 0. The second-order valence-corrected chi connectivity index (χ2v) is 22.1. The predicted octanol–water partition coefficient (Wildman–Crippen LogP) is 6.75. The molecule has 1 N–H and O–H groups in total. The molecule has 1 unspecified atom stereocenters. The maximum atomic E-state index is 13.5. The Morgan fingerprint density at radius 1 is 0.891 bits per heavy atom. The van der Waals surface area contributed by atoms with Crippen LogP contribution < -0.4 is 5.32 Å². The number of carbonyl (C=O) groups is 2. The predicted molar refractivity (Wildman–Crippen MR) is 177 cm³/mol. The molecule has 0 bridgehead atoms. The third kappa shape index (κ3) is 7.56. The molecule has 10 nitrogen and oxygen atoms in total. The summed E-state index contributed by atoms with van der Waals surface area (Å²) in [6.07, 6.45) is -4.41. The van der Waals surface area contributed by atoms with Gasteiger partial charge in [-0.05, 0) is 39.9 Å². The lowest BCUT2D eigenvalue weighted by Gasteiger charge is -2.51. The molecule has 0 radical (unpaired) electrons. The van der Waals surface area contributed by atoms with Gasteiger partial charge in [0.1, 0.15) is 31.0 Å².